The van der Waals surface area contributed by atoms with Crippen molar-refractivity contribution >= 4 is 29.2 Å². The number of aryl methyl sites for hydroxylation is 3. The van der Waals surface area contributed by atoms with Crippen LogP contribution >= 0.6 is 0 Å². The molecule has 0 aromatic heterocycles. The Labute approximate surface area is 156 Å². The number of anilines is 2. The van der Waals surface area contributed by atoms with E-state index in [9.17, 15) is 14.4 Å². The summed E-state index contributed by atoms with van der Waals surface area (Å²) in [5.74, 6) is -0.862. The van der Waals surface area contributed by atoms with E-state index >= 15 is 0 Å². The number of hydrogen-bond donors (Lipinski definition) is 3. The van der Waals surface area contributed by atoms with Gasteiger partial charge < -0.3 is 20.5 Å². The van der Waals surface area contributed by atoms with Crippen molar-refractivity contribution in [3.8, 4) is 5.75 Å². The molecule has 0 bridgehead atoms. The Morgan fingerprint density at radius 3 is 2.52 bits per heavy atom. The molecule has 1 aliphatic heterocycles. The van der Waals surface area contributed by atoms with Gasteiger partial charge in [-0.15, -0.1) is 0 Å². The van der Waals surface area contributed by atoms with E-state index in [1.165, 1.54) is 0 Å². The molecule has 27 heavy (non-hydrogen) atoms. The molecular formula is C20H20N2O5. The van der Waals surface area contributed by atoms with Crippen LogP contribution in [0.25, 0.3) is 0 Å². The summed E-state index contributed by atoms with van der Waals surface area (Å²) in [5.41, 5.74) is 4.24. The highest BCUT2D eigenvalue weighted by Gasteiger charge is 2.17. The van der Waals surface area contributed by atoms with Crippen molar-refractivity contribution in [3.05, 3.63) is 52.6 Å². The number of carbonyl (C=O) groups excluding carboxylic acids is 2. The van der Waals surface area contributed by atoms with Crippen LogP contribution in [0.2, 0.25) is 0 Å². The van der Waals surface area contributed by atoms with Crippen molar-refractivity contribution in [1.29, 1.82) is 0 Å². The number of ether oxygens (including phenoxy) is 1. The van der Waals surface area contributed by atoms with Crippen molar-refractivity contribution in [1.82, 2.24) is 0 Å². The molecule has 0 unspecified atom stereocenters. The number of rotatable bonds is 5. The van der Waals surface area contributed by atoms with Crippen molar-refractivity contribution in [3.63, 3.8) is 0 Å². The minimum atomic E-state index is -1.06. The lowest BCUT2D eigenvalue weighted by molar-refractivity contribution is -0.139. The Kier molecular flexibility index (Phi) is 5.12. The third-order valence-corrected chi connectivity index (χ3v) is 4.32. The lowest BCUT2D eigenvalue weighted by atomic mass is 10.0. The number of carbonyl (C=O) groups is 3. The van der Waals surface area contributed by atoms with E-state index in [1.54, 1.807) is 38.1 Å². The van der Waals surface area contributed by atoms with Gasteiger partial charge in [0.05, 0.1) is 0 Å². The van der Waals surface area contributed by atoms with E-state index in [0.29, 0.717) is 41.0 Å². The molecule has 0 radical (unpaired) electrons. The Hall–Kier alpha value is -3.35. The molecule has 0 atom stereocenters. The van der Waals surface area contributed by atoms with Gasteiger partial charge in [0.2, 0.25) is 5.91 Å². The zero-order chi connectivity index (χ0) is 19.6. The van der Waals surface area contributed by atoms with Crippen LogP contribution in [0.5, 0.6) is 5.75 Å². The number of amides is 2. The first-order chi connectivity index (χ1) is 12.8. The van der Waals surface area contributed by atoms with E-state index in [-0.39, 0.29) is 11.8 Å². The first-order valence-corrected chi connectivity index (χ1v) is 8.53. The van der Waals surface area contributed by atoms with Gasteiger partial charge in [-0.3, -0.25) is 9.59 Å². The summed E-state index contributed by atoms with van der Waals surface area (Å²) in [5, 5.41) is 14.4. The van der Waals surface area contributed by atoms with E-state index in [2.05, 4.69) is 10.6 Å². The zero-order valence-electron chi connectivity index (χ0n) is 15.1. The summed E-state index contributed by atoms with van der Waals surface area (Å²) in [6.07, 6.45) is 1.07. The van der Waals surface area contributed by atoms with E-state index in [0.717, 1.165) is 11.3 Å². The topological polar surface area (TPSA) is 105 Å². The van der Waals surface area contributed by atoms with Crippen LogP contribution in [0.15, 0.2) is 30.3 Å². The van der Waals surface area contributed by atoms with E-state index in [1.807, 2.05) is 6.07 Å². The van der Waals surface area contributed by atoms with Gasteiger partial charge in [0, 0.05) is 23.4 Å². The maximum atomic E-state index is 12.6. The molecule has 3 N–H and O–H groups in total. The van der Waals surface area contributed by atoms with Gasteiger partial charge >= 0.3 is 5.97 Å². The molecule has 3 rings (SSSR count). The smallest absolute Gasteiger partial charge is 0.341 e. The zero-order valence-corrected chi connectivity index (χ0v) is 15.1. The molecule has 1 aliphatic rings. The second kappa shape index (κ2) is 7.49. The van der Waals surface area contributed by atoms with Crippen LogP contribution < -0.4 is 15.4 Å². The van der Waals surface area contributed by atoms with Crippen molar-refractivity contribution < 1.29 is 24.2 Å². The molecule has 1 heterocycles. The normalized spacial score (nSPS) is 12.7. The van der Waals surface area contributed by atoms with Crippen molar-refractivity contribution in [2.24, 2.45) is 0 Å². The second-order valence-electron chi connectivity index (χ2n) is 6.50. The standard InChI is InChI=1S/C20H20N2O5/c1-11-7-14(8-12(2)19(11)27-10-18(24)25)20(26)21-15-4-5-16-13(9-15)3-6-17(23)22-16/h4-5,7-9H,3,6,10H2,1-2H3,(H,21,26)(H,22,23)(H,24,25). The second-order valence-corrected chi connectivity index (χ2v) is 6.50. The predicted molar refractivity (Wildman–Crippen MR) is 100 cm³/mol. The SMILES string of the molecule is Cc1cc(C(=O)Nc2ccc3c(c2)CCC(=O)N3)cc(C)c1OCC(=O)O. The summed E-state index contributed by atoms with van der Waals surface area (Å²) in [6.45, 7) is 3.10. The molecule has 2 amide bonds. The third-order valence-electron chi connectivity index (χ3n) is 4.32. The molecule has 2 aromatic rings. The van der Waals surface area contributed by atoms with Gasteiger partial charge in [-0.1, -0.05) is 0 Å². The Bertz CT molecular complexity index is 913. The fourth-order valence-electron chi connectivity index (χ4n) is 3.11. The summed E-state index contributed by atoms with van der Waals surface area (Å²) < 4.78 is 5.29. The number of carboxylic acids is 1. The Morgan fingerprint density at radius 1 is 1.15 bits per heavy atom. The Morgan fingerprint density at radius 2 is 1.85 bits per heavy atom. The monoisotopic (exact) mass is 368 g/mol. The molecular weight excluding hydrogens is 348 g/mol. The molecule has 0 aliphatic carbocycles. The van der Waals surface area contributed by atoms with Crippen LogP contribution in [-0.4, -0.2) is 29.5 Å². The van der Waals surface area contributed by atoms with Crippen molar-refractivity contribution in [2.75, 3.05) is 17.2 Å². The molecule has 0 saturated carbocycles. The van der Waals surface area contributed by atoms with Gasteiger partial charge in [-0.25, -0.2) is 4.79 Å². The highest BCUT2D eigenvalue weighted by molar-refractivity contribution is 6.05. The summed E-state index contributed by atoms with van der Waals surface area (Å²) in [7, 11) is 0. The van der Waals surface area contributed by atoms with E-state index in [4.69, 9.17) is 9.84 Å². The van der Waals surface area contributed by atoms with Crippen LogP contribution in [0.4, 0.5) is 11.4 Å². The number of hydrogen-bond acceptors (Lipinski definition) is 4. The fraction of sp³-hybridized carbons (Fsp3) is 0.250. The molecule has 2 aromatic carbocycles. The van der Waals surface area contributed by atoms with Crippen molar-refractivity contribution in [2.45, 2.75) is 26.7 Å². The largest absolute Gasteiger partial charge is 0.481 e. The molecule has 140 valence electrons. The highest BCUT2D eigenvalue weighted by atomic mass is 16.5. The van der Waals surface area contributed by atoms with Gasteiger partial charge in [0.1, 0.15) is 5.75 Å². The maximum absolute atomic E-state index is 12.6. The molecule has 0 saturated heterocycles. The molecule has 0 fully saturated rings. The first kappa shape index (κ1) is 18.4. The first-order valence-electron chi connectivity index (χ1n) is 8.53. The molecule has 0 spiro atoms. The van der Waals surface area contributed by atoms with Gasteiger partial charge in [-0.2, -0.15) is 0 Å². The summed E-state index contributed by atoms with van der Waals surface area (Å²) >= 11 is 0. The van der Waals surface area contributed by atoms with Crippen LogP contribution in [-0.2, 0) is 16.0 Å². The minimum absolute atomic E-state index is 0.00422. The number of fused-ring (bicyclic) bond motifs is 1. The van der Waals surface area contributed by atoms with Crippen LogP contribution in [0, 0.1) is 13.8 Å². The maximum Gasteiger partial charge on any atom is 0.341 e. The average Bonchev–Trinajstić information content (AvgIpc) is 2.60. The molecule has 7 heteroatoms. The quantitative estimate of drug-likeness (QED) is 0.753. The van der Waals surface area contributed by atoms with E-state index < -0.39 is 12.6 Å². The third kappa shape index (κ3) is 4.25. The number of nitrogens with one attached hydrogen (secondary N) is 2. The summed E-state index contributed by atoms with van der Waals surface area (Å²) in [4.78, 5) is 34.7. The van der Waals surface area contributed by atoms with Crippen LogP contribution in [0.1, 0.15) is 33.5 Å². The van der Waals surface area contributed by atoms with Crippen LogP contribution in [0.3, 0.4) is 0 Å². The van der Waals surface area contributed by atoms with Gasteiger partial charge in [-0.05, 0) is 67.3 Å². The lowest BCUT2D eigenvalue weighted by Crippen LogP contribution is -2.19. The number of carboxylic acid groups (broad SMARTS) is 1. The average molecular weight is 368 g/mol. The lowest BCUT2D eigenvalue weighted by Gasteiger charge is -2.18. The number of benzene rings is 2. The van der Waals surface area contributed by atoms with Gasteiger partial charge in [0.25, 0.3) is 5.91 Å². The predicted octanol–water partition coefficient (Wildman–Crippen LogP) is 2.90. The minimum Gasteiger partial charge on any atom is -0.481 e. The Balaban J connectivity index is 1.76. The highest BCUT2D eigenvalue weighted by Crippen LogP contribution is 2.27. The number of aliphatic carboxylic acids is 1. The fourth-order valence-corrected chi connectivity index (χ4v) is 3.11. The van der Waals surface area contributed by atoms with Gasteiger partial charge in [0.15, 0.2) is 6.61 Å². The summed E-state index contributed by atoms with van der Waals surface area (Å²) in [6, 6.07) is 8.71. The molecule has 7 nitrogen and oxygen atoms in total.